The van der Waals surface area contributed by atoms with E-state index in [4.69, 9.17) is 17.3 Å². The Bertz CT molecular complexity index is 767. The molecule has 0 fully saturated rings. The van der Waals surface area contributed by atoms with Crippen LogP contribution < -0.4 is 10.5 Å². The van der Waals surface area contributed by atoms with Crippen molar-refractivity contribution in [3.8, 4) is 0 Å². The third-order valence-electron chi connectivity index (χ3n) is 2.68. The largest absolute Gasteiger partial charge is 0.396 e. The Balaban J connectivity index is 2.43. The number of nitrogen functional groups attached to an aromatic ring is 1. The van der Waals surface area contributed by atoms with Crippen molar-refractivity contribution in [3.05, 3.63) is 52.6 Å². The van der Waals surface area contributed by atoms with Crippen molar-refractivity contribution in [1.29, 1.82) is 0 Å². The van der Waals surface area contributed by atoms with Crippen LogP contribution in [-0.2, 0) is 10.0 Å². The molecule has 0 heterocycles. The molecule has 21 heavy (non-hydrogen) atoms. The lowest BCUT2D eigenvalue weighted by molar-refractivity contribution is 0.599. The van der Waals surface area contributed by atoms with E-state index in [0.29, 0.717) is 0 Å². The minimum Gasteiger partial charge on any atom is -0.396 e. The van der Waals surface area contributed by atoms with Crippen LogP contribution in [-0.4, -0.2) is 8.42 Å². The van der Waals surface area contributed by atoms with Gasteiger partial charge in [-0.25, -0.2) is 17.2 Å². The summed E-state index contributed by atoms with van der Waals surface area (Å²) in [5.74, 6) is -1.36. The molecule has 0 aromatic heterocycles. The molecule has 2 aromatic carbocycles. The van der Waals surface area contributed by atoms with Crippen LogP contribution in [0, 0.1) is 18.6 Å². The molecule has 112 valence electrons. The fourth-order valence-corrected chi connectivity index (χ4v) is 3.13. The number of hydrogen-bond donors (Lipinski definition) is 2. The predicted molar refractivity (Wildman–Crippen MR) is 77.8 cm³/mol. The van der Waals surface area contributed by atoms with Crippen molar-refractivity contribution in [2.45, 2.75) is 11.8 Å². The van der Waals surface area contributed by atoms with Gasteiger partial charge in [0.1, 0.15) is 11.6 Å². The van der Waals surface area contributed by atoms with Gasteiger partial charge in [0, 0.05) is 5.02 Å². The van der Waals surface area contributed by atoms with Crippen molar-refractivity contribution < 1.29 is 17.2 Å². The summed E-state index contributed by atoms with van der Waals surface area (Å²) in [7, 11) is -4.03. The van der Waals surface area contributed by atoms with Gasteiger partial charge in [0.15, 0.2) is 0 Å². The molecular formula is C13H11ClF2N2O2S. The normalized spacial score (nSPS) is 11.4. The van der Waals surface area contributed by atoms with E-state index in [1.54, 1.807) is 0 Å². The highest BCUT2D eigenvalue weighted by molar-refractivity contribution is 7.92. The Labute approximate surface area is 125 Å². The molecule has 8 heteroatoms. The zero-order valence-electron chi connectivity index (χ0n) is 10.8. The second-order valence-electron chi connectivity index (χ2n) is 4.41. The fourth-order valence-electron chi connectivity index (χ4n) is 1.74. The summed E-state index contributed by atoms with van der Waals surface area (Å²) in [5.41, 5.74) is 5.18. The SMILES string of the molecule is Cc1cc(S(=O)(=O)Nc2cc(F)cc(Cl)c2)cc(N)c1F. The molecule has 0 radical (unpaired) electrons. The zero-order chi connectivity index (χ0) is 15.8. The summed E-state index contributed by atoms with van der Waals surface area (Å²) in [5, 5.41) is 0.0440. The monoisotopic (exact) mass is 332 g/mol. The van der Waals surface area contributed by atoms with Gasteiger partial charge in [-0.1, -0.05) is 11.6 Å². The van der Waals surface area contributed by atoms with Crippen LogP contribution in [0.4, 0.5) is 20.2 Å². The molecule has 0 aliphatic carbocycles. The van der Waals surface area contributed by atoms with Gasteiger partial charge in [-0.05, 0) is 42.8 Å². The van der Waals surface area contributed by atoms with Crippen LogP contribution in [0.2, 0.25) is 5.02 Å². The Morgan fingerprint density at radius 3 is 2.38 bits per heavy atom. The lowest BCUT2D eigenvalue weighted by Gasteiger charge is -2.11. The highest BCUT2D eigenvalue weighted by atomic mass is 35.5. The highest BCUT2D eigenvalue weighted by Gasteiger charge is 2.18. The smallest absolute Gasteiger partial charge is 0.261 e. The van der Waals surface area contributed by atoms with Crippen molar-refractivity contribution in [2.75, 3.05) is 10.5 Å². The molecule has 0 unspecified atom stereocenters. The molecule has 0 amide bonds. The third kappa shape index (κ3) is 3.43. The van der Waals surface area contributed by atoms with Crippen LogP contribution in [0.25, 0.3) is 0 Å². The van der Waals surface area contributed by atoms with E-state index in [1.807, 2.05) is 0 Å². The fraction of sp³-hybridized carbons (Fsp3) is 0.0769. The standard InChI is InChI=1S/C13H11ClF2N2O2S/c1-7-2-11(6-12(17)13(7)16)21(19,20)18-10-4-8(14)3-9(15)5-10/h2-6,18H,17H2,1H3. The van der Waals surface area contributed by atoms with E-state index < -0.39 is 21.7 Å². The maximum atomic E-state index is 13.4. The molecule has 0 aliphatic rings. The van der Waals surface area contributed by atoms with Gasteiger partial charge in [-0.15, -0.1) is 0 Å². The van der Waals surface area contributed by atoms with Crippen molar-refractivity contribution in [2.24, 2.45) is 0 Å². The van der Waals surface area contributed by atoms with Gasteiger partial charge < -0.3 is 5.73 Å². The molecule has 0 aliphatic heterocycles. The van der Waals surface area contributed by atoms with Crippen LogP contribution in [0.15, 0.2) is 35.2 Å². The number of anilines is 2. The van der Waals surface area contributed by atoms with Crippen LogP contribution in [0.3, 0.4) is 0 Å². The number of nitrogens with one attached hydrogen (secondary N) is 1. The number of nitrogens with two attached hydrogens (primary N) is 1. The van der Waals surface area contributed by atoms with Gasteiger partial charge in [0.05, 0.1) is 16.3 Å². The minimum atomic E-state index is -4.03. The lowest BCUT2D eigenvalue weighted by Crippen LogP contribution is -2.14. The summed E-state index contributed by atoms with van der Waals surface area (Å²) in [6.45, 7) is 1.39. The van der Waals surface area contributed by atoms with Gasteiger partial charge in [-0.3, -0.25) is 4.72 Å². The van der Waals surface area contributed by atoms with Gasteiger partial charge >= 0.3 is 0 Å². The van der Waals surface area contributed by atoms with E-state index in [9.17, 15) is 17.2 Å². The summed E-state index contributed by atoms with van der Waals surface area (Å²) < 4.78 is 53.2. The van der Waals surface area contributed by atoms with Crippen molar-refractivity contribution >= 4 is 33.0 Å². The average Bonchev–Trinajstić information content (AvgIpc) is 2.33. The molecule has 0 saturated carbocycles. The van der Waals surface area contributed by atoms with E-state index in [2.05, 4.69) is 4.72 Å². The van der Waals surface area contributed by atoms with E-state index >= 15 is 0 Å². The first-order valence-corrected chi connectivity index (χ1v) is 7.60. The maximum absolute atomic E-state index is 13.4. The van der Waals surface area contributed by atoms with E-state index in [-0.39, 0.29) is 26.9 Å². The molecule has 3 N–H and O–H groups in total. The molecule has 0 bridgehead atoms. The Morgan fingerprint density at radius 1 is 1.14 bits per heavy atom. The number of halogens is 3. The third-order valence-corrected chi connectivity index (χ3v) is 4.26. The topological polar surface area (TPSA) is 72.2 Å². The average molecular weight is 333 g/mol. The lowest BCUT2D eigenvalue weighted by atomic mass is 10.2. The number of benzene rings is 2. The summed E-state index contributed by atoms with van der Waals surface area (Å²) in [4.78, 5) is -0.223. The second kappa shape index (κ2) is 5.50. The molecule has 4 nitrogen and oxygen atoms in total. The van der Waals surface area contributed by atoms with Crippen LogP contribution >= 0.6 is 11.6 Å². The molecular weight excluding hydrogens is 322 g/mol. The van der Waals surface area contributed by atoms with Crippen LogP contribution in [0.1, 0.15) is 5.56 Å². The van der Waals surface area contributed by atoms with Crippen LogP contribution in [0.5, 0.6) is 0 Å². The van der Waals surface area contributed by atoms with Crippen molar-refractivity contribution in [3.63, 3.8) is 0 Å². The first-order chi connectivity index (χ1) is 9.69. The first kappa shape index (κ1) is 15.5. The number of sulfonamides is 1. The molecule has 0 spiro atoms. The highest BCUT2D eigenvalue weighted by Crippen LogP contribution is 2.24. The summed E-state index contributed by atoms with van der Waals surface area (Å²) >= 11 is 5.65. The molecule has 2 rings (SSSR count). The Kier molecular flexibility index (Phi) is 4.06. The molecule has 0 saturated heterocycles. The summed E-state index contributed by atoms with van der Waals surface area (Å²) in [6.07, 6.45) is 0. The minimum absolute atomic E-state index is 0.0412. The zero-order valence-corrected chi connectivity index (χ0v) is 12.4. The van der Waals surface area contributed by atoms with Gasteiger partial charge in [0.2, 0.25) is 0 Å². The quantitative estimate of drug-likeness (QED) is 0.847. The van der Waals surface area contributed by atoms with E-state index in [1.165, 1.54) is 13.0 Å². The summed E-state index contributed by atoms with van der Waals surface area (Å²) in [6, 6.07) is 5.39. The van der Waals surface area contributed by atoms with E-state index in [0.717, 1.165) is 24.3 Å². The first-order valence-electron chi connectivity index (χ1n) is 5.73. The molecule has 0 atom stereocenters. The van der Waals surface area contributed by atoms with Crippen molar-refractivity contribution in [1.82, 2.24) is 0 Å². The van der Waals surface area contributed by atoms with Gasteiger partial charge in [-0.2, -0.15) is 0 Å². The maximum Gasteiger partial charge on any atom is 0.261 e. The van der Waals surface area contributed by atoms with Gasteiger partial charge in [0.25, 0.3) is 10.0 Å². The Morgan fingerprint density at radius 2 is 1.81 bits per heavy atom. The number of aryl methyl sites for hydroxylation is 1. The number of hydrogen-bond acceptors (Lipinski definition) is 3. The second-order valence-corrected chi connectivity index (χ2v) is 6.53. The predicted octanol–water partition coefficient (Wildman–Crippen LogP) is 3.31. The Hall–Kier alpha value is -1.86. The molecule has 2 aromatic rings. The number of rotatable bonds is 3.